The lowest BCUT2D eigenvalue weighted by Crippen LogP contribution is -2.16. The maximum absolute atomic E-state index is 12.6. The van der Waals surface area contributed by atoms with Crippen LogP contribution in [0.15, 0.2) is 29.8 Å². The van der Waals surface area contributed by atoms with E-state index in [0.29, 0.717) is 5.56 Å². The van der Waals surface area contributed by atoms with Gasteiger partial charge in [0, 0.05) is 5.57 Å². The predicted molar refractivity (Wildman–Crippen MR) is 55.8 cm³/mol. The number of hydrogen-bond acceptors (Lipinski definition) is 2. The first-order chi connectivity index (χ1) is 7.49. The molecule has 0 atom stereocenters. The number of amides is 1. The monoisotopic (exact) mass is 223 g/mol. The minimum absolute atomic E-state index is 0.0286. The smallest absolute Gasteiger partial charge is 0.308 e. The fourth-order valence-corrected chi connectivity index (χ4v) is 1.13. The van der Waals surface area contributed by atoms with Gasteiger partial charge in [0.2, 0.25) is 5.91 Å². The molecule has 1 amide bonds. The maximum atomic E-state index is 12.6. The van der Waals surface area contributed by atoms with Gasteiger partial charge in [0.1, 0.15) is 5.82 Å². The van der Waals surface area contributed by atoms with E-state index in [0.717, 1.165) is 0 Å². The van der Waals surface area contributed by atoms with E-state index in [-0.39, 0.29) is 5.57 Å². The molecule has 1 rings (SSSR count). The van der Waals surface area contributed by atoms with Gasteiger partial charge in [-0.15, -0.1) is 0 Å². The van der Waals surface area contributed by atoms with Crippen LogP contribution in [-0.2, 0) is 9.59 Å². The molecule has 0 unspecified atom stereocenters. The Morgan fingerprint density at radius 1 is 1.31 bits per heavy atom. The first kappa shape index (κ1) is 11.9. The van der Waals surface area contributed by atoms with E-state index in [1.54, 1.807) is 0 Å². The van der Waals surface area contributed by atoms with Gasteiger partial charge < -0.3 is 10.8 Å². The number of carbonyl (C=O) groups is 2. The van der Waals surface area contributed by atoms with Crippen molar-refractivity contribution in [2.45, 2.75) is 6.42 Å². The topological polar surface area (TPSA) is 80.4 Å². The Kier molecular flexibility index (Phi) is 3.77. The summed E-state index contributed by atoms with van der Waals surface area (Å²) in [5.41, 5.74) is 5.51. The minimum atomic E-state index is -1.15. The molecule has 0 aliphatic rings. The largest absolute Gasteiger partial charge is 0.481 e. The van der Waals surface area contributed by atoms with Gasteiger partial charge in [-0.1, -0.05) is 12.1 Å². The molecule has 0 saturated heterocycles. The molecule has 0 aliphatic carbocycles. The first-order valence-electron chi connectivity index (χ1n) is 4.47. The van der Waals surface area contributed by atoms with E-state index in [2.05, 4.69) is 0 Å². The summed E-state index contributed by atoms with van der Waals surface area (Å²) in [4.78, 5) is 21.4. The highest BCUT2D eigenvalue weighted by Crippen LogP contribution is 2.10. The van der Waals surface area contributed by atoms with Crippen LogP contribution in [0.2, 0.25) is 0 Å². The zero-order valence-corrected chi connectivity index (χ0v) is 8.31. The molecular formula is C11H10FNO3. The molecule has 0 heterocycles. The summed E-state index contributed by atoms with van der Waals surface area (Å²) in [6.45, 7) is 0. The second-order valence-electron chi connectivity index (χ2n) is 3.16. The quantitative estimate of drug-likeness (QED) is 0.752. The molecule has 1 aromatic carbocycles. The molecule has 84 valence electrons. The highest BCUT2D eigenvalue weighted by molar-refractivity contribution is 6.00. The van der Waals surface area contributed by atoms with Crippen LogP contribution in [0.25, 0.3) is 6.08 Å². The molecule has 0 aliphatic heterocycles. The molecule has 16 heavy (non-hydrogen) atoms. The number of aliphatic carboxylic acids is 1. The Morgan fingerprint density at radius 2 is 1.88 bits per heavy atom. The second-order valence-corrected chi connectivity index (χ2v) is 3.16. The standard InChI is InChI=1S/C11H10FNO3/c12-9-3-1-7(2-4-9)5-8(11(13)16)6-10(14)15/h1-5H,6H2,(H2,13,16)(H,14,15). The van der Waals surface area contributed by atoms with Crippen LogP contribution < -0.4 is 5.73 Å². The highest BCUT2D eigenvalue weighted by Gasteiger charge is 2.09. The summed E-state index contributed by atoms with van der Waals surface area (Å²) >= 11 is 0. The van der Waals surface area contributed by atoms with Crippen molar-refractivity contribution in [3.63, 3.8) is 0 Å². The van der Waals surface area contributed by atoms with Crippen molar-refractivity contribution < 1.29 is 19.1 Å². The van der Waals surface area contributed by atoms with Gasteiger partial charge >= 0.3 is 5.97 Å². The summed E-state index contributed by atoms with van der Waals surface area (Å²) in [6.07, 6.45) is 0.878. The van der Waals surface area contributed by atoms with Crippen molar-refractivity contribution >= 4 is 18.0 Å². The van der Waals surface area contributed by atoms with E-state index >= 15 is 0 Å². The molecular weight excluding hydrogens is 213 g/mol. The highest BCUT2D eigenvalue weighted by atomic mass is 19.1. The number of carboxylic acids is 1. The van der Waals surface area contributed by atoms with Gasteiger partial charge in [-0.05, 0) is 23.8 Å². The van der Waals surface area contributed by atoms with Crippen LogP contribution in [0, 0.1) is 5.82 Å². The van der Waals surface area contributed by atoms with Crippen molar-refractivity contribution in [1.82, 2.24) is 0 Å². The van der Waals surface area contributed by atoms with Crippen LogP contribution >= 0.6 is 0 Å². The lowest BCUT2D eigenvalue weighted by atomic mass is 10.1. The molecule has 4 nitrogen and oxygen atoms in total. The van der Waals surface area contributed by atoms with Crippen LogP contribution in [0.3, 0.4) is 0 Å². The third-order valence-corrected chi connectivity index (χ3v) is 1.87. The Morgan fingerprint density at radius 3 is 2.31 bits per heavy atom. The van der Waals surface area contributed by atoms with Gasteiger partial charge in [0.25, 0.3) is 0 Å². The van der Waals surface area contributed by atoms with Gasteiger partial charge in [-0.3, -0.25) is 9.59 Å². The van der Waals surface area contributed by atoms with E-state index in [1.165, 1.54) is 30.3 Å². The molecule has 0 radical (unpaired) electrons. The Bertz CT molecular complexity index is 437. The number of carbonyl (C=O) groups excluding carboxylic acids is 1. The number of nitrogens with two attached hydrogens (primary N) is 1. The number of primary amides is 1. The third-order valence-electron chi connectivity index (χ3n) is 1.87. The molecule has 0 fully saturated rings. The van der Waals surface area contributed by atoms with Crippen molar-refractivity contribution in [3.8, 4) is 0 Å². The summed E-state index contributed by atoms with van der Waals surface area (Å²) in [5, 5.41) is 8.55. The number of rotatable bonds is 4. The molecule has 0 aromatic heterocycles. The number of halogens is 1. The third kappa shape index (κ3) is 3.53. The first-order valence-corrected chi connectivity index (χ1v) is 4.47. The Labute approximate surface area is 91.2 Å². The molecule has 1 aromatic rings. The van der Waals surface area contributed by atoms with Gasteiger partial charge in [0.05, 0.1) is 6.42 Å². The SMILES string of the molecule is NC(=O)C(=Cc1ccc(F)cc1)CC(=O)O. The van der Waals surface area contributed by atoms with Gasteiger partial charge in [-0.2, -0.15) is 0 Å². The van der Waals surface area contributed by atoms with Crippen LogP contribution in [-0.4, -0.2) is 17.0 Å². The van der Waals surface area contributed by atoms with Crippen LogP contribution in [0.4, 0.5) is 4.39 Å². The lowest BCUT2D eigenvalue weighted by Gasteiger charge is -2.00. The molecule has 3 N–H and O–H groups in total. The van der Waals surface area contributed by atoms with Crippen molar-refractivity contribution in [3.05, 3.63) is 41.2 Å². The summed E-state index contributed by atoms with van der Waals surface area (Å²) in [6, 6.07) is 5.29. The van der Waals surface area contributed by atoms with Crippen LogP contribution in [0.5, 0.6) is 0 Å². The molecule has 5 heteroatoms. The van der Waals surface area contributed by atoms with Gasteiger partial charge in [-0.25, -0.2) is 4.39 Å². The maximum Gasteiger partial charge on any atom is 0.308 e. The van der Waals surface area contributed by atoms with Gasteiger partial charge in [0.15, 0.2) is 0 Å². The van der Waals surface area contributed by atoms with E-state index in [4.69, 9.17) is 10.8 Å². The predicted octanol–water partition coefficient (Wildman–Crippen LogP) is 1.17. The normalized spacial score (nSPS) is 11.2. The zero-order valence-electron chi connectivity index (χ0n) is 8.31. The van der Waals surface area contributed by atoms with E-state index in [9.17, 15) is 14.0 Å². The Hall–Kier alpha value is -2.17. The molecule has 0 bridgehead atoms. The number of carboxylic acid groups (broad SMARTS) is 1. The van der Waals surface area contributed by atoms with Crippen molar-refractivity contribution in [2.24, 2.45) is 5.73 Å². The number of benzene rings is 1. The number of hydrogen-bond donors (Lipinski definition) is 2. The van der Waals surface area contributed by atoms with E-state index < -0.39 is 24.1 Å². The summed E-state index contributed by atoms with van der Waals surface area (Å²) in [5.74, 6) is -2.35. The summed E-state index contributed by atoms with van der Waals surface area (Å²) in [7, 11) is 0. The fourth-order valence-electron chi connectivity index (χ4n) is 1.13. The van der Waals surface area contributed by atoms with Crippen molar-refractivity contribution in [2.75, 3.05) is 0 Å². The van der Waals surface area contributed by atoms with E-state index in [1.807, 2.05) is 0 Å². The molecule has 0 saturated carbocycles. The minimum Gasteiger partial charge on any atom is -0.481 e. The second kappa shape index (κ2) is 5.06. The fraction of sp³-hybridized carbons (Fsp3) is 0.0909. The van der Waals surface area contributed by atoms with Crippen molar-refractivity contribution in [1.29, 1.82) is 0 Å². The summed E-state index contributed by atoms with van der Waals surface area (Å²) < 4.78 is 12.6. The molecule has 0 spiro atoms. The lowest BCUT2D eigenvalue weighted by molar-refractivity contribution is -0.136. The average Bonchev–Trinajstić information content (AvgIpc) is 2.19. The van der Waals surface area contributed by atoms with Crippen LogP contribution in [0.1, 0.15) is 12.0 Å². The zero-order chi connectivity index (χ0) is 12.1. The Balaban J connectivity index is 2.97. The average molecular weight is 223 g/mol.